The van der Waals surface area contributed by atoms with Crippen molar-refractivity contribution in [3.8, 4) is 0 Å². The van der Waals surface area contributed by atoms with Crippen molar-refractivity contribution < 1.29 is 53.7 Å². The second-order valence-corrected chi connectivity index (χ2v) is 8.98. The number of rotatable bonds is 4. The number of hydrogen-bond donors (Lipinski definition) is 1. The summed E-state index contributed by atoms with van der Waals surface area (Å²) >= 11 is 0. The molecule has 0 radical (unpaired) electrons. The predicted octanol–water partition coefficient (Wildman–Crippen LogP) is 0.796. The van der Waals surface area contributed by atoms with E-state index >= 15 is 0 Å². The van der Waals surface area contributed by atoms with Crippen LogP contribution in [-0.2, 0) is 15.1 Å². The molecule has 0 saturated carbocycles. The number of nitrogens with zero attached hydrogens (tertiary/aromatic N) is 1. The number of quaternary nitrogens is 1. The lowest BCUT2D eigenvalue weighted by Gasteiger charge is -2.44. The molecule has 4 nitrogen and oxygen atoms in total. The minimum atomic E-state index is -2.63. The molecule has 2 saturated heterocycles. The van der Waals surface area contributed by atoms with Crippen molar-refractivity contribution in [2.24, 2.45) is 0 Å². The Kier molecular flexibility index (Phi) is 6.75. The van der Waals surface area contributed by atoms with Gasteiger partial charge in [0, 0.05) is 36.8 Å². The molecule has 2 heterocycles. The highest BCUT2D eigenvalue weighted by Gasteiger charge is 2.51. The fourth-order valence-electron chi connectivity index (χ4n) is 5.01. The lowest BCUT2D eigenvalue weighted by Crippen LogP contribution is -3.00. The van der Waals surface area contributed by atoms with E-state index in [4.69, 9.17) is 4.74 Å². The van der Waals surface area contributed by atoms with Crippen LogP contribution < -0.4 is 17.0 Å². The Hall–Kier alpha value is -1.97. The van der Waals surface area contributed by atoms with Crippen molar-refractivity contribution in [3.63, 3.8) is 0 Å². The molecule has 2 aromatic rings. The van der Waals surface area contributed by atoms with Crippen LogP contribution in [0.25, 0.3) is 0 Å². The largest absolute Gasteiger partial charge is 1.00 e. The molecule has 2 bridgehead atoms. The molecule has 2 aromatic carbocycles. The van der Waals surface area contributed by atoms with E-state index in [0.29, 0.717) is 37.1 Å². The van der Waals surface area contributed by atoms with E-state index in [1.807, 2.05) is 0 Å². The highest BCUT2D eigenvalue weighted by atomic mass is 79.9. The monoisotopic (exact) mass is 517 g/mol. The van der Waals surface area contributed by atoms with Crippen molar-refractivity contribution in [1.29, 1.82) is 0 Å². The predicted molar refractivity (Wildman–Crippen MR) is 104 cm³/mol. The Bertz CT molecular complexity index is 965. The first-order valence-electron chi connectivity index (χ1n) is 10.2. The highest BCUT2D eigenvalue weighted by molar-refractivity contribution is 5.85. The average Bonchev–Trinajstić information content (AvgIpc) is 2.88. The summed E-state index contributed by atoms with van der Waals surface area (Å²) in [6.45, 7) is 0. The second kappa shape index (κ2) is 8.76. The maximum atomic E-state index is 13.9. The van der Waals surface area contributed by atoms with Crippen LogP contribution >= 0.6 is 0 Å². The molecule has 0 aromatic heterocycles. The molecular weight excluding hydrogens is 494 g/mol. The van der Waals surface area contributed by atoms with Gasteiger partial charge in [-0.05, 0) is 24.3 Å². The Morgan fingerprint density at radius 3 is 1.75 bits per heavy atom. The molecule has 2 aliphatic rings. The number of carbonyl (C=O) groups is 1. The topological polar surface area (TPSA) is 46.5 Å². The van der Waals surface area contributed by atoms with Crippen LogP contribution in [0.2, 0.25) is 0 Å². The Balaban J connectivity index is 0.00000289. The Morgan fingerprint density at radius 2 is 1.34 bits per heavy atom. The zero-order chi connectivity index (χ0) is 22.6. The number of esters is 1. The van der Waals surface area contributed by atoms with Gasteiger partial charge >= 0.3 is 5.97 Å². The molecule has 32 heavy (non-hydrogen) atoms. The number of piperidine rings is 1. The lowest BCUT2D eigenvalue weighted by atomic mass is 9.85. The van der Waals surface area contributed by atoms with Crippen molar-refractivity contribution in [2.75, 3.05) is 14.1 Å². The Labute approximate surface area is 194 Å². The van der Waals surface area contributed by atoms with E-state index in [-0.39, 0.29) is 28.1 Å². The normalized spacial score (nSPS) is 24.0. The van der Waals surface area contributed by atoms with Crippen molar-refractivity contribution >= 4 is 5.97 Å². The highest BCUT2D eigenvalue weighted by Crippen LogP contribution is 2.42. The number of carbonyl (C=O) groups excluding carboxylic acids is 1. The quantitative estimate of drug-likeness (QED) is 0.370. The lowest BCUT2D eigenvalue weighted by molar-refractivity contribution is -0.931. The summed E-state index contributed by atoms with van der Waals surface area (Å²) in [6, 6.07) is 5.46. The number of ether oxygens (including phenoxy) is 1. The van der Waals surface area contributed by atoms with Gasteiger partial charge in [-0.15, -0.1) is 0 Å². The second-order valence-electron chi connectivity index (χ2n) is 8.98. The molecule has 2 fully saturated rings. The van der Waals surface area contributed by atoms with E-state index in [2.05, 4.69) is 14.1 Å². The van der Waals surface area contributed by atoms with Gasteiger partial charge in [0.1, 0.15) is 6.10 Å². The molecule has 2 aliphatic heterocycles. The summed E-state index contributed by atoms with van der Waals surface area (Å²) in [5.41, 5.74) is -3.31. The summed E-state index contributed by atoms with van der Waals surface area (Å²) in [7, 11) is 4.28. The SMILES string of the molecule is C[N+]1(C)C2CC[C@@H]1CC(OC(=O)C(O)(c1ccc(F)c(F)c1)c1ccc(F)c(F)c1)C2.[Br-]. The molecule has 2 unspecified atom stereocenters. The molecule has 0 aliphatic carbocycles. The maximum absolute atomic E-state index is 13.9. The third-order valence-corrected chi connectivity index (χ3v) is 7.03. The minimum absolute atomic E-state index is 0. The van der Waals surface area contributed by atoms with Crippen LogP contribution in [0.1, 0.15) is 36.8 Å². The Morgan fingerprint density at radius 1 is 0.906 bits per heavy atom. The van der Waals surface area contributed by atoms with Gasteiger partial charge in [-0.25, -0.2) is 22.4 Å². The number of halogens is 5. The first kappa shape index (κ1) is 24.7. The van der Waals surface area contributed by atoms with Crippen molar-refractivity contribution in [3.05, 3.63) is 70.8 Å². The fraction of sp³-hybridized carbons (Fsp3) is 0.435. The van der Waals surface area contributed by atoms with Crippen LogP contribution in [0.3, 0.4) is 0 Å². The first-order chi connectivity index (χ1) is 14.5. The fourth-order valence-corrected chi connectivity index (χ4v) is 5.01. The average molecular weight is 518 g/mol. The summed E-state index contributed by atoms with van der Waals surface area (Å²) in [5, 5.41) is 11.4. The van der Waals surface area contributed by atoms with Gasteiger partial charge < -0.3 is 31.3 Å². The van der Waals surface area contributed by atoms with Crippen molar-refractivity contribution in [1.82, 2.24) is 0 Å². The maximum Gasteiger partial charge on any atom is 0.347 e. The van der Waals surface area contributed by atoms with Gasteiger partial charge in [-0.1, -0.05) is 12.1 Å². The van der Waals surface area contributed by atoms with Gasteiger partial charge in [0.05, 0.1) is 26.2 Å². The summed E-state index contributed by atoms with van der Waals surface area (Å²) in [6.07, 6.45) is 2.73. The van der Waals surface area contributed by atoms with E-state index in [9.17, 15) is 27.5 Å². The number of fused-ring (bicyclic) bond motifs is 2. The smallest absolute Gasteiger partial charge is 0.347 e. The summed E-state index contributed by atoms with van der Waals surface area (Å²) in [5.74, 6) is -6.06. The zero-order valence-electron chi connectivity index (χ0n) is 17.6. The third kappa shape index (κ3) is 4.06. The third-order valence-electron chi connectivity index (χ3n) is 7.03. The van der Waals surface area contributed by atoms with E-state index < -0.39 is 40.9 Å². The molecule has 1 N–H and O–H groups in total. The van der Waals surface area contributed by atoms with Crippen LogP contribution in [-0.4, -0.2) is 47.8 Å². The van der Waals surface area contributed by atoms with Gasteiger partial charge in [-0.2, -0.15) is 0 Å². The summed E-state index contributed by atoms with van der Waals surface area (Å²) < 4.78 is 61.2. The van der Waals surface area contributed by atoms with Gasteiger partial charge in [0.25, 0.3) is 0 Å². The van der Waals surface area contributed by atoms with E-state index in [0.717, 1.165) is 41.6 Å². The van der Waals surface area contributed by atoms with Gasteiger partial charge in [0.2, 0.25) is 5.60 Å². The molecule has 9 heteroatoms. The molecule has 3 atom stereocenters. The molecule has 174 valence electrons. The number of benzene rings is 2. The van der Waals surface area contributed by atoms with Crippen LogP contribution in [0, 0.1) is 23.3 Å². The van der Waals surface area contributed by atoms with Crippen LogP contribution in [0.15, 0.2) is 36.4 Å². The molecule has 4 rings (SSSR count). The van der Waals surface area contributed by atoms with E-state index in [1.165, 1.54) is 0 Å². The van der Waals surface area contributed by atoms with Gasteiger partial charge in [0.15, 0.2) is 23.3 Å². The van der Waals surface area contributed by atoms with Crippen LogP contribution in [0.4, 0.5) is 17.6 Å². The first-order valence-corrected chi connectivity index (χ1v) is 10.2. The van der Waals surface area contributed by atoms with Crippen molar-refractivity contribution in [2.45, 2.75) is 49.5 Å². The minimum Gasteiger partial charge on any atom is -1.00 e. The molecular formula is C23H24BrF4NO3. The molecule has 0 spiro atoms. The standard InChI is InChI=1S/C23H24F4NO3.BrH/c1-28(2)15-5-6-16(28)12-17(11-15)31-22(29)23(30,13-3-7-18(24)20(26)9-13)14-4-8-19(25)21(27)10-14;/h3-4,7-10,15-17,30H,5-6,11-12H2,1-2H3;1H/q+1;/p-1/t15-,16?,17?;/m1./s1. The summed E-state index contributed by atoms with van der Waals surface area (Å²) in [4.78, 5) is 13.2. The number of hydrogen-bond acceptors (Lipinski definition) is 3. The van der Waals surface area contributed by atoms with Gasteiger partial charge in [-0.3, -0.25) is 0 Å². The molecule has 0 amide bonds. The van der Waals surface area contributed by atoms with E-state index in [1.54, 1.807) is 0 Å². The zero-order valence-corrected chi connectivity index (χ0v) is 19.2. The number of aliphatic hydroxyl groups is 1. The van der Waals surface area contributed by atoms with Crippen LogP contribution in [0.5, 0.6) is 0 Å².